The van der Waals surface area contributed by atoms with Gasteiger partial charge >= 0.3 is 12.1 Å². The molecule has 0 saturated carbocycles. The summed E-state index contributed by atoms with van der Waals surface area (Å²) < 4.78 is 0. The van der Waals surface area contributed by atoms with E-state index in [-0.39, 0.29) is 12.1 Å². The van der Waals surface area contributed by atoms with Crippen molar-refractivity contribution in [2.24, 2.45) is 0 Å². The molecule has 5 N–H and O–H groups in total. The van der Waals surface area contributed by atoms with Gasteiger partial charge in [-0.2, -0.15) is 0 Å². The van der Waals surface area contributed by atoms with Crippen LogP contribution in [-0.2, 0) is 25.7 Å². The highest BCUT2D eigenvalue weighted by atomic mass is 32.1. The van der Waals surface area contributed by atoms with Crippen LogP contribution in [0.25, 0.3) is 31.3 Å². The average molecular weight is 844 g/mol. The lowest BCUT2D eigenvalue weighted by atomic mass is 10.1. The maximum atomic E-state index is 12.4. The number of urea groups is 2. The van der Waals surface area contributed by atoms with E-state index in [2.05, 4.69) is 80.8 Å². The number of aromatic amines is 1. The zero-order valence-corrected chi connectivity index (χ0v) is 34.9. The fourth-order valence-corrected chi connectivity index (χ4v) is 9.87. The fraction of sp³-hybridized carbons (Fsp3) is 0.171. The highest BCUT2D eigenvalue weighted by molar-refractivity contribution is 7.17. The van der Waals surface area contributed by atoms with E-state index in [1.807, 2.05) is 74.0 Å². The molecule has 0 saturated heterocycles. The number of hydrogen-bond acceptors (Lipinski definition) is 12. The Balaban J connectivity index is 0.000000162. The minimum atomic E-state index is -0.315. The standard InChI is InChI=1S/C21H18N6OS2.C20H19N5OS2/c1-12-10-29-19-17(12)15(24-11-25-19)6-5-14-9-23-21(30-14)27-20(28)26-16-4-2-3-13-7-8-22-18(13)16;1-12-4-3-5-14(8-12)24-19(26)25-20-21-9-15(28-20)6-7-16-17-13(2)10-27-18(17)23-11-22-16/h2-4,7-11,22H,5-6H2,1H3,(H2,23,26,27,28);3-5,8-11H,6-7H2,1-2H3,(H2,21,24,25,26). The minimum Gasteiger partial charge on any atom is -0.359 e. The van der Waals surface area contributed by atoms with E-state index in [1.165, 1.54) is 33.8 Å². The second kappa shape index (κ2) is 17.6. The van der Waals surface area contributed by atoms with E-state index in [4.69, 9.17) is 0 Å². The SMILES string of the molecule is Cc1cccc(NC(=O)Nc2ncc(CCc3ncnc4scc(C)c34)s2)c1.Cc1csc2ncnc(CCc3cnc(NC(=O)Nc4cccc5cc[nH]c45)s3)c12. The molecule has 0 bridgehead atoms. The Morgan fingerprint density at radius 1 is 0.638 bits per heavy atom. The Bertz CT molecular complexity index is 2870. The van der Waals surface area contributed by atoms with Gasteiger partial charge in [0.05, 0.1) is 22.6 Å². The predicted molar refractivity (Wildman–Crippen MR) is 238 cm³/mol. The third-order valence-electron chi connectivity index (χ3n) is 9.14. The summed E-state index contributed by atoms with van der Waals surface area (Å²) in [5.41, 5.74) is 8.02. The van der Waals surface area contributed by atoms with Crippen molar-refractivity contribution < 1.29 is 9.59 Å². The number of aromatic nitrogens is 7. The number of aryl methyl sites for hydroxylation is 7. The molecule has 7 aromatic heterocycles. The van der Waals surface area contributed by atoms with Crippen LogP contribution in [-0.4, -0.2) is 47.0 Å². The third kappa shape index (κ3) is 9.18. The number of amides is 4. The van der Waals surface area contributed by atoms with E-state index in [1.54, 1.807) is 35.3 Å². The number of thiazole rings is 2. The van der Waals surface area contributed by atoms with Crippen LogP contribution in [0, 0.1) is 20.8 Å². The van der Waals surface area contributed by atoms with Gasteiger partial charge in [0.1, 0.15) is 22.3 Å². The van der Waals surface area contributed by atoms with Crippen LogP contribution in [0.4, 0.5) is 31.2 Å². The first-order valence-corrected chi connectivity index (χ1v) is 21.7. The number of fused-ring (bicyclic) bond motifs is 3. The molecule has 58 heavy (non-hydrogen) atoms. The molecular weight excluding hydrogens is 807 g/mol. The second-order valence-electron chi connectivity index (χ2n) is 13.4. The monoisotopic (exact) mass is 843 g/mol. The highest BCUT2D eigenvalue weighted by Gasteiger charge is 2.14. The molecule has 292 valence electrons. The topological polar surface area (TPSA) is 175 Å². The number of nitrogens with zero attached hydrogens (tertiary/aromatic N) is 6. The number of thiophene rings is 2. The van der Waals surface area contributed by atoms with Crippen molar-refractivity contribution >= 4 is 110 Å². The lowest BCUT2D eigenvalue weighted by Gasteiger charge is -2.06. The molecule has 9 rings (SSSR count). The van der Waals surface area contributed by atoms with E-state index in [0.29, 0.717) is 10.3 Å². The molecular formula is C41H37N11O2S4. The summed E-state index contributed by atoms with van der Waals surface area (Å²) in [5.74, 6) is 0. The third-order valence-corrected chi connectivity index (χ3v) is 13.1. The van der Waals surface area contributed by atoms with Gasteiger partial charge in [-0.05, 0) is 98.2 Å². The molecule has 0 spiro atoms. The number of carbonyl (C=O) groups is 2. The molecule has 9 aromatic rings. The highest BCUT2D eigenvalue weighted by Crippen LogP contribution is 2.29. The van der Waals surface area contributed by atoms with Crippen molar-refractivity contribution in [3.8, 4) is 0 Å². The Morgan fingerprint density at radius 3 is 1.83 bits per heavy atom. The van der Waals surface area contributed by atoms with Crippen molar-refractivity contribution in [1.29, 1.82) is 0 Å². The normalized spacial score (nSPS) is 11.1. The zero-order chi connectivity index (χ0) is 40.0. The first kappa shape index (κ1) is 38.7. The van der Waals surface area contributed by atoms with E-state index in [9.17, 15) is 9.59 Å². The van der Waals surface area contributed by atoms with Gasteiger partial charge in [0.25, 0.3) is 0 Å². The molecule has 17 heteroatoms. The molecule has 4 amide bonds. The van der Waals surface area contributed by atoms with Crippen molar-refractivity contribution in [3.63, 3.8) is 0 Å². The van der Waals surface area contributed by atoms with Crippen LogP contribution in [0.5, 0.6) is 0 Å². The molecule has 0 radical (unpaired) electrons. The van der Waals surface area contributed by atoms with Gasteiger partial charge in [-0.15, -0.1) is 45.3 Å². The molecule has 0 aliphatic carbocycles. The number of nitrogens with one attached hydrogen (secondary N) is 5. The molecule has 0 unspecified atom stereocenters. The molecule has 0 atom stereocenters. The van der Waals surface area contributed by atoms with E-state index < -0.39 is 0 Å². The number of carbonyl (C=O) groups excluding carboxylic acids is 2. The first-order chi connectivity index (χ1) is 28.3. The van der Waals surface area contributed by atoms with Gasteiger partial charge in [0.15, 0.2) is 10.3 Å². The lowest BCUT2D eigenvalue weighted by molar-refractivity contribution is 0.261. The largest absolute Gasteiger partial charge is 0.359 e. The van der Waals surface area contributed by atoms with Gasteiger partial charge in [-0.3, -0.25) is 10.6 Å². The Kier molecular flexibility index (Phi) is 11.7. The number of benzene rings is 2. The summed E-state index contributed by atoms with van der Waals surface area (Å²) in [6, 6.07) is 14.8. The Morgan fingerprint density at radius 2 is 1.22 bits per heavy atom. The van der Waals surface area contributed by atoms with Crippen LogP contribution >= 0.6 is 45.3 Å². The van der Waals surface area contributed by atoms with Gasteiger partial charge in [-0.25, -0.2) is 39.5 Å². The quantitative estimate of drug-likeness (QED) is 0.0904. The predicted octanol–water partition coefficient (Wildman–Crippen LogP) is 10.6. The number of para-hydroxylation sites is 1. The Hall–Kier alpha value is -6.14. The molecule has 7 heterocycles. The number of H-pyrrole nitrogens is 1. The first-order valence-electron chi connectivity index (χ1n) is 18.3. The average Bonchev–Trinajstić information content (AvgIpc) is 4.07. The Labute approximate surface area is 349 Å². The molecule has 13 nitrogen and oxygen atoms in total. The zero-order valence-electron chi connectivity index (χ0n) is 31.6. The number of hydrogen-bond donors (Lipinski definition) is 5. The van der Waals surface area contributed by atoms with E-state index in [0.717, 1.165) is 95.1 Å². The summed E-state index contributed by atoms with van der Waals surface area (Å²) in [7, 11) is 0. The summed E-state index contributed by atoms with van der Waals surface area (Å²) >= 11 is 6.25. The van der Waals surface area contributed by atoms with Crippen LogP contribution in [0.1, 0.15) is 37.8 Å². The van der Waals surface area contributed by atoms with Crippen LogP contribution in [0.15, 0.2) is 90.5 Å². The molecule has 0 aliphatic heterocycles. The summed E-state index contributed by atoms with van der Waals surface area (Å²) in [6.07, 6.45) is 12.0. The second-order valence-corrected chi connectivity index (χ2v) is 17.3. The van der Waals surface area contributed by atoms with Gasteiger partial charge < -0.3 is 15.6 Å². The van der Waals surface area contributed by atoms with Crippen molar-refractivity contribution in [2.45, 2.75) is 46.5 Å². The van der Waals surface area contributed by atoms with Crippen LogP contribution in [0.2, 0.25) is 0 Å². The summed E-state index contributed by atoms with van der Waals surface area (Å²) in [5, 5.41) is 20.1. The van der Waals surface area contributed by atoms with Crippen molar-refractivity contribution in [3.05, 3.63) is 128 Å². The molecule has 0 fully saturated rings. The minimum absolute atomic E-state index is 0.294. The number of rotatable bonds is 10. The van der Waals surface area contributed by atoms with Crippen LogP contribution < -0.4 is 21.3 Å². The fourth-order valence-electron chi connectivity index (χ4n) is 6.43. The van der Waals surface area contributed by atoms with Gasteiger partial charge in [0.2, 0.25) is 0 Å². The summed E-state index contributed by atoms with van der Waals surface area (Å²) in [6.45, 7) is 6.17. The van der Waals surface area contributed by atoms with Crippen molar-refractivity contribution in [1.82, 2.24) is 34.9 Å². The smallest absolute Gasteiger partial charge is 0.325 e. The van der Waals surface area contributed by atoms with Gasteiger partial charge in [0, 0.05) is 50.2 Å². The van der Waals surface area contributed by atoms with Crippen molar-refractivity contribution in [2.75, 3.05) is 21.3 Å². The maximum absolute atomic E-state index is 12.4. The summed E-state index contributed by atoms with van der Waals surface area (Å²) in [4.78, 5) is 58.2. The molecule has 0 aliphatic rings. The van der Waals surface area contributed by atoms with Gasteiger partial charge in [-0.1, -0.05) is 24.3 Å². The number of anilines is 4. The maximum Gasteiger partial charge on any atom is 0.325 e. The van der Waals surface area contributed by atoms with E-state index >= 15 is 0 Å². The van der Waals surface area contributed by atoms with Crippen LogP contribution in [0.3, 0.4) is 0 Å². The lowest BCUT2D eigenvalue weighted by Crippen LogP contribution is -2.19. The molecule has 2 aromatic carbocycles.